The van der Waals surface area contributed by atoms with Crippen LogP contribution in [-0.2, 0) is 43.5 Å². The smallest absolute Gasteiger partial charge is 0.332 e. The van der Waals surface area contributed by atoms with E-state index in [-0.39, 0.29) is 19.8 Å². The van der Waals surface area contributed by atoms with E-state index in [2.05, 4.69) is 0 Å². The molecule has 3 aromatic rings. The summed E-state index contributed by atoms with van der Waals surface area (Å²) in [7, 11) is 0. The minimum absolute atomic E-state index is 0.00741. The van der Waals surface area contributed by atoms with Gasteiger partial charge in [0.05, 0.1) is 6.61 Å². The number of hydrogen-bond acceptors (Lipinski definition) is 6. The molecule has 0 heterocycles. The van der Waals surface area contributed by atoms with E-state index in [4.69, 9.17) is 14.2 Å². The van der Waals surface area contributed by atoms with Crippen molar-refractivity contribution in [2.45, 2.75) is 52.1 Å². The number of ether oxygens (including phenoxy) is 3. The second-order valence-electron chi connectivity index (χ2n) is 9.59. The van der Waals surface area contributed by atoms with Crippen molar-refractivity contribution < 1.29 is 23.8 Å². The zero-order valence-electron chi connectivity index (χ0n) is 21.3. The lowest BCUT2D eigenvalue weighted by atomic mass is 10.1. The minimum atomic E-state index is -0.725. The second-order valence-corrected chi connectivity index (χ2v) is 9.59. The summed E-state index contributed by atoms with van der Waals surface area (Å²) in [5.41, 5.74) is 2.40. The van der Waals surface area contributed by atoms with E-state index >= 15 is 0 Å². The molecule has 0 aliphatic rings. The van der Waals surface area contributed by atoms with Crippen molar-refractivity contribution in [2.24, 2.45) is 0 Å². The van der Waals surface area contributed by atoms with Crippen LogP contribution < -0.4 is 0 Å². The maximum Gasteiger partial charge on any atom is 0.332 e. The van der Waals surface area contributed by atoms with E-state index in [1.807, 2.05) is 95.9 Å². The van der Waals surface area contributed by atoms with Crippen LogP contribution in [0.4, 0.5) is 0 Å². The van der Waals surface area contributed by atoms with Crippen LogP contribution in [0.25, 0.3) is 0 Å². The van der Waals surface area contributed by atoms with Gasteiger partial charge in [-0.2, -0.15) is 0 Å². The molecule has 0 fully saturated rings. The van der Waals surface area contributed by atoms with E-state index in [0.29, 0.717) is 13.1 Å². The minimum Gasteiger partial charge on any atom is -0.460 e. The Hall–Kier alpha value is -3.48. The van der Waals surface area contributed by atoms with Gasteiger partial charge >= 0.3 is 11.9 Å². The lowest BCUT2D eigenvalue weighted by molar-refractivity contribution is -0.164. The fourth-order valence-corrected chi connectivity index (χ4v) is 3.68. The van der Waals surface area contributed by atoms with Gasteiger partial charge in [0.2, 0.25) is 0 Å². The molecule has 0 aliphatic heterocycles. The zero-order valence-corrected chi connectivity index (χ0v) is 21.3. The third-order valence-corrected chi connectivity index (χ3v) is 5.31. The van der Waals surface area contributed by atoms with E-state index in [1.54, 1.807) is 20.8 Å². The Kier molecular flexibility index (Phi) is 10.2. The number of benzene rings is 3. The summed E-state index contributed by atoms with van der Waals surface area (Å²) < 4.78 is 16.8. The van der Waals surface area contributed by atoms with E-state index in [1.165, 1.54) is 0 Å². The van der Waals surface area contributed by atoms with Gasteiger partial charge < -0.3 is 14.2 Å². The molecular weight excluding hydrogens is 454 g/mol. The van der Waals surface area contributed by atoms with Gasteiger partial charge in [0.25, 0.3) is 0 Å². The first kappa shape index (κ1) is 27.1. The van der Waals surface area contributed by atoms with Gasteiger partial charge in [-0.25, -0.2) is 4.79 Å². The van der Waals surface area contributed by atoms with Gasteiger partial charge in [0.15, 0.2) is 0 Å². The molecule has 1 unspecified atom stereocenters. The van der Waals surface area contributed by atoms with Gasteiger partial charge in [-0.3, -0.25) is 9.69 Å². The summed E-state index contributed by atoms with van der Waals surface area (Å²) in [5.74, 6) is -0.883. The molecule has 0 spiro atoms. The monoisotopic (exact) mass is 489 g/mol. The van der Waals surface area contributed by atoms with Crippen molar-refractivity contribution in [3.8, 4) is 0 Å². The normalized spacial score (nSPS) is 12.2. The Morgan fingerprint density at radius 1 is 0.750 bits per heavy atom. The van der Waals surface area contributed by atoms with E-state index in [9.17, 15) is 9.59 Å². The average molecular weight is 490 g/mol. The number of carbonyl (C=O) groups excluding carboxylic acids is 2. The molecular formula is C30H35NO5. The summed E-state index contributed by atoms with van der Waals surface area (Å²) in [5, 5.41) is 0. The summed E-state index contributed by atoms with van der Waals surface area (Å²) in [6.45, 7) is 6.33. The molecule has 0 bridgehead atoms. The van der Waals surface area contributed by atoms with Gasteiger partial charge in [-0.15, -0.1) is 0 Å². The van der Waals surface area contributed by atoms with Gasteiger partial charge in [0.1, 0.15) is 24.9 Å². The fourth-order valence-electron chi connectivity index (χ4n) is 3.68. The molecule has 3 rings (SSSR count). The largest absolute Gasteiger partial charge is 0.460 e. The first-order valence-electron chi connectivity index (χ1n) is 12.1. The molecule has 3 aromatic carbocycles. The van der Waals surface area contributed by atoms with Crippen molar-refractivity contribution in [1.29, 1.82) is 0 Å². The predicted molar refractivity (Wildman–Crippen MR) is 139 cm³/mol. The topological polar surface area (TPSA) is 65.1 Å². The molecule has 0 aliphatic carbocycles. The predicted octanol–water partition coefficient (Wildman–Crippen LogP) is 5.16. The molecule has 0 amide bonds. The highest BCUT2D eigenvalue weighted by Crippen LogP contribution is 2.16. The van der Waals surface area contributed by atoms with Gasteiger partial charge in [0, 0.05) is 13.1 Å². The summed E-state index contributed by atoms with van der Waals surface area (Å²) in [6, 6.07) is 28.7. The van der Waals surface area contributed by atoms with Crippen molar-refractivity contribution in [1.82, 2.24) is 4.90 Å². The van der Waals surface area contributed by atoms with Crippen LogP contribution in [0.5, 0.6) is 0 Å². The maximum absolute atomic E-state index is 13.4. The lowest BCUT2D eigenvalue weighted by Gasteiger charge is -2.30. The zero-order chi connectivity index (χ0) is 25.8. The molecule has 0 N–H and O–H groups in total. The quantitative estimate of drug-likeness (QED) is 0.328. The maximum atomic E-state index is 13.4. The number of hydrogen-bond donors (Lipinski definition) is 0. The average Bonchev–Trinajstić information content (AvgIpc) is 2.86. The van der Waals surface area contributed by atoms with Crippen LogP contribution in [0.2, 0.25) is 0 Å². The number of rotatable bonds is 12. The summed E-state index contributed by atoms with van der Waals surface area (Å²) >= 11 is 0. The van der Waals surface area contributed by atoms with Crippen LogP contribution in [0.15, 0.2) is 91.0 Å². The first-order valence-corrected chi connectivity index (χ1v) is 12.1. The van der Waals surface area contributed by atoms with Crippen LogP contribution >= 0.6 is 0 Å². The molecule has 0 saturated heterocycles. The third kappa shape index (κ3) is 9.64. The Bertz CT molecular complexity index is 1020. The molecule has 0 radical (unpaired) electrons. The highest BCUT2D eigenvalue weighted by Gasteiger charge is 2.29. The van der Waals surface area contributed by atoms with Crippen molar-refractivity contribution >= 4 is 11.9 Å². The number of nitrogens with zero attached hydrogens (tertiary/aromatic N) is 1. The Balaban J connectivity index is 1.78. The molecule has 36 heavy (non-hydrogen) atoms. The second kappa shape index (κ2) is 13.6. The van der Waals surface area contributed by atoms with Crippen LogP contribution in [0.1, 0.15) is 37.5 Å². The van der Waals surface area contributed by atoms with Crippen LogP contribution in [0, 0.1) is 0 Å². The summed E-state index contributed by atoms with van der Waals surface area (Å²) in [4.78, 5) is 27.6. The van der Waals surface area contributed by atoms with Crippen molar-refractivity contribution in [3.63, 3.8) is 0 Å². The number of carbonyl (C=O) groups is 2. The highest BCUT2D eigenvalue weighted by molar-refractivity contribution is 5.76. The SMILES string of the molecule is CC(C)(C)OC(=O)COCC(C(=O)OCc1ccccc1)N(Cc1ccccc1)Cc1ccccc1. The van der Waals surface area contributed by atoms with Crippen LogP contribution in [-0.4, -0.2) is 41.7 Å². The van der Waals surface area contributed by atoms with Gasteiger partial charge in [-0.05, 0) is 37.5 Å². The standard InChI is InChI=1S/C30H35NO5/c1-30(2,3)36-28(32)23-34-22-27(29(33)35-21-26-17-11-6-12-18-26)31(19-24-13-7-4-8-14-24)20-25-15-9-5-10-16-25/h4-18,27H,19-23H2,1-3H3. The van der Waals surface area contributed by atoms with Gasteiger partial charge in [-0.1, -0.05) is 91.0 Å². The Morgan fingerprint density at radius 3 is 1.69 bits per heavy atom. The van der Waals surface area contributed by atoms with E-state index < -0.39 is 23.6 Å². The van der Waals surface area contributed by atoms with E-state index in [0.717, 1.165) is 16.7 Å². The summed E-state index contributed by atoms with van der Waals surface area (Å²) in [6.07, 6.45) is 0. The Labute approximate surface area is 213 Å². The number of esters is 2. The molecule has 6 heteroatoms. The highest BCUT2D eigenvalue weighted by atomic mass is 16.6. The van der Waals surface area contributed by atoms with Crippen molar-refractivity contribution in [2.75, 3.05) is 13.2 Å². The molecule has 190 valence electrons. The Morgan fingerprint density at radius 2 is 1.22 bits per heavy atom. The third-order valence-electron chi connectivity index (χ3n) is 5.31. The molecule has 6 nitrogen and oxygen atoms in total. The molecule has 0 saturated carbocycles. The fraction of sp³-hybridized carbons (Fsp3) is 0.333. The first-order chi connectivity index (χ1) is 17.3. The van der Waals surface area contributed by atoms with Crippen molar-refractivity contribution in [3.05, 3.63) is 108 Å². The molecule has 1 atom stereocenters. The van der Waals surface area contributed by atoms with Crippen LogP contribution in [0.3, 0.4) is 0 Å². The lowest BCUT2D eigenvalue weighted by Crippen LogP contribution is -2.45. The molecule has 0 aromatic heterocycles.